The minimum atomic E-state index is -0.401. The number of hydrogen-bond donors (Lipinski definition) is 1. The Hall–Kier alpha value is -2.75. The lowest BCUT2D eigenvalue weighted by atomic mass is 10.0. The zero-order chi connectivity index (χ0) is 21.3. The van der Waals surface area contributed by atoms with Crippen LogP contribution in [0.2, 0.25) is 0 Å². The van der Waals surface area contributed by atoms with Crippen molar-refractivity contribution < 1.29 is 14.3 Å². The molecular formula is C20H29N7O3. The zero-order valence-corrected chi connectivity index (χ0v) is 17.8. The van der Waals surface area contributed by atoms with Crippen molar-refractivity contribution in [1.29, 1.82) is 0 Å². The van der Waals surface area contributed by atoms with Crippen molar-refractivity contribution in [2.75, 3.05) is 13.1 Å². The average molecular weight is 415 g/mol. The number of hydrogen-bond acceptors (Lipinski definition) is 6. The van der Waals surface area contributed by atoms with E-state index >= 15 is 0 Å². The standard InChI is InChI=1S/C20H29N7O3/c1-4-26-16(5-7-22-26)19(29)21-10-15-17-11-30-20(13-27(17)24-23-15)6-8-25(12-20)18(28)9-14(2)3/h5,7,14H,4,6,8-13H2,1-3H3,(H,21,29). The van der Waals surface area contributed by atoms with Gasteiger partial charge in [-0.1, -0.05) is 19.1 Å². The Balaban J connectivity index is 1.38. The number of nitrogens with one attached hydrogen (secondary N) is 1. The molecule has 10 nitrogen and oxygen atoms in total. The molecule has 2 aliphatic heterocycles. The second-order valence-corrected chi connectivity index (χ2v) is 8.49. The van der Waals surface area contributed by atoms with Gasteiger partial charge in [0.25, 0.3) is 5.91 Å². The van der Waals surface area contributed by atoms with Gasteiger partial charge in [-0.2, -0.15) is 5.10 Å². The van der Waals surface area contributed by atoms with E-state index in [9.17, 15) is 9.59 Å². The number of aryl methyl sites for hydroxylation is 1. The number of amides is 2. The van der Waals surface area contributed by atoms with Gasteiger partial charge in [0.15, 0.2) is 0 Å². The van der Waals surface area contributed by atoms with E-state index < -0.39 is 5.60 Å². The van der Waals surface area contributed by atoms with Crippen molar-refractivity contribution in [2.24, 2.45) is 5.92 Å². The topological polar surface area (TPSA) is 107 Å². The Labute approximate surface area is 175 Å². The van der Waals surface area contributed by atoms with Crippen LogP contribution >= 0.6 is 0 Å². The number of aromatic nitrogens is 5. The molecule has 1 atom stereocenters. The molecule has 0 saturated carbocycles. The summed E-state index contributed by atoms with van der Waals surface area (Å²) in [6.07, 6.45) is 2.97. The molecule has 1 fully saturated rings. The van der Waals surface area contributed by atoms with E-state index in [1.165, 1.54) is 0 Å². The molecule has 4 rings (SSSR count). The van der Waals surface area contributed by atoms with E-state index in [0.29, 0.717) is 56.5 Å². The Kier molecular flexibility index (Phi) is 5.59. The summed E-state index contributed by atoms with van der Waals surface area (Å²) in [5, 5.41) is 15.6. The summed E-state index contributed by atoms with van der Waals surface area (Å²) in [4.78, 5) is 26.7. The maximum atomic E-state index is 12.4. The predicted octanol–water partition coefficient (Wildman–Crippen LogP) is 0.972. The largest absolute Gasteiger partial charge is 0.365 e. The number of fused-ring (bicyclic) bond motifs is 1. The fourth-order valence-electron chi connectivity index (χ4n) is 4.15. The lowest BCUT2D eigenvalue weighted by Crippen LogP contribution is -2.45. The molecule has 162 valence electrons. The molecule has 1 N–H and O–H groups in total. The molecule has 1 spiro atoms. The Morgan fingerprint density at radius 1 is 1.33 bits per heavy atom. The van der Waals surface area contributed by atoms with Crippen molar-refractivity contribution in [2.45, 2.75) is 65.5 Å². The molecule has 0 radical (unpaired) electrons. The van der Waals surface area contributed by atoms with Crippen molar-refractivity contribution in [3.05, 3.63) is 29.3 Å². The molecule has 4 heterocycles. The minimum absolute atomic E-state index is 0.185. The summed E-state index contributed by atoms with van der Waals surface area (Å²) < 4.78 is 9.74. The van der Waals surface area contributed by atoms with Gasteiger partial charge in [0, 0.05) is 25.7 Å². The summed E-state index contributed by atoms with van der Waals surface area (Å²) in [6.45, 7) is 9.19. The average Bonchev–Trinajstić information content (AvgIpc) is 3.44. The maximum absolute atomic E-state index is 12.4. The fourth-order valence-corrected chi connectivity index (χ4v) is 4.15. The van der Waals surface area contributed by atoms with Gasteiger partial charge in [-0.05, 0) is 25.3 Å². The normalized spacial score (nSPS) is 20.7. The van der Waals surface area contributed by atoms with E-state index in [-0.39, 0.29) is 18.4 Å². The Morgan fingerprint density at radius 2 is 2.17 bits per heavy atom. The summed E-state index contributed by atoms with van der Waals surface area (Å²) >= 11 is 0. The first-order chi connectivity index (χ1) is 14.4. The number of carbonyl (C=O) groups excluding carboxylic acids is 2. The first-order valence-electron chi connectivity index (χ1n) is 10.5. The van der Waals surface area contributed by atoms with Crippen LogP contribution < -0.4 is 5.32 Å². The van der Waals surface area contributed by atoms with Crippen LogP contribution in [0.15, 0.2) is 12.3 Å². The molecule has 1 saturated heterocycles. The second-order valence-electron chi connectivity index (χ2n) is 8.49. The first kappa shape index (κ1) is 20.5. The van der Waals surface area contributed by atoms with Crippen LogP contribution in [-0.4, -0.2) is 60.2 Å². The number of rotatable bonds is 6. The molecule has 2 aliphatic rings. The molecule has 1 unspecified atom stereocenters. The monoisotopic (exact) mass is 415 g/mol. The van der Waals surface area contributed by atoms with Gasteiger partial charge in [-0.25, -0.2) is 4.68 Å². The SMILES string of the molecule is CCn1nccc1C(=O)NCc1nnn2c1COC1(CCN(C(=O)CC(C)C)C1)C2. The van der Waals surface area contributed by atoms with Crippen LogP contribution in [0.1, 0.15) is 55.5 Å². The molecule has 10 heteroatoms. The van der Waals surface area contributed by atoms with Crippen molar-refractivity contribution >= 4 is 11.8 Å². The van der Waals surface area contributed by atoms with Crippen LogP contribution in [0.4, 0.5) is 0 Å². The van der Waals surface area contributed by atoms with Crippen LogP contribution in [0.3, 0.4) is 0 Å². The molecule has 2 amide bonds. The van der Waals surface area contributed by atoms with Crippen molar-refractivity contribution in [3.63, 3.8) is 0 Å². The van der Waals surface area contributed by atoms with Gasteiger partial charge in [0.05, 0.1) is 31.9 Å². The zero-order valence-electron chi connectivity index (χ0n) is 17.8. The van der Waals surface area contributed by atoms with E-state index in [2.05, 4.69) is 34.6 Å². The molecule has 0 bridgehead atoms. The van der Waals surface area contributed by atoms with E-state index in [1.54, 1.807) is 16.9 Å². The van der Waals surface area contributed by atoms with Gasteiger partial charge in [-0.3, -0.25) is 14.3 Å². The predicted molar refractivity (Wildman–Crippen MR) is 107 cm³/mol. The lowest BCUT2D eigenvalue weighted by molar-refractivity contribution is -0.134. The van der Waals surface area contributed by atoms with Gasteiger partial charge in [-0.15, -0.1) is 5.10 Å². The third-order valence-electron chi connectivity index (χ3n) is 5.79. The number of likely N-dealkylation sites (tertiary alicyclic amines) is 1. The number of carbonyl (C=O) groups is 2. The maximum Gasteiger partial charge on any atom is 0.269 e. The molecule has 30 heavy (non-hydrogen) atoms. The Morgan fingerprint density at radius 3 is 2.93 bits per heavy atom. The highest BCUT2D eigenvalue weighted by Crippen LogP contribution is 2.33. The Bertz CT molecular complexity index is 935. The summed E-state index contributed by atoms with van der Waals surface area (Å²) in [7, 11) is 0. The third kappa shape index (κ3) is 3.96. The summed E-state index contributed by atoms with van der Waals surface area (Å²) in [6, 6.07) is 1.69. The highest BCUT2D eigenvalue weighted by atomic mass is 16.5. The van der Waals surface area contributed by atoms with Crippen molar-refractivity contribution in [1.82, 2.24) is 35.0 Å². The minimum Gasteiger partial charge on any atom is -0.365 e. The quantitative estimate of drug-likeness (QED) is 0.753. The molecule has 0 aliphatic carbocycles. The second kappa shape index (κ2) is 8.17. The van der Waals surface area contributed by atoms with E-state index in [1.807, 2.05) is 16.5 Å². The highest BCUT2D eigenvalue weighted by Gasteiger charge is 2.44. The van der Waals surface area contributed by atoms with Crippen LogP contribution in [0, 0.1) is 5.92 Å². The fraction of sp³-hybridized carbons (Fsp3) is 0.650. The van der Waals surface area contributed by atoms with Gasteiger partial charge in [0.2, 0.25) is 5.91 Å². The van der Waals surface area contributed by atoms with Crippen LogP contribution in [0.5, 0.6) is 0 Å². The number of nitrogens with zero attached hydrogens (tertiary/aromatic N) is 6. The lowest BCUT2D eigenvalue weighted by Gasteiger charge is -2.34. The van der Waals surface area contributed by atoms with E-state index in [0.717, 1.165) is 12.1 Å². The first-order valence-corrected chi connectivity index (χ1v) is 10.5. The van der Waals surface area contributed by atoms with Crippen molar-refractivity contribution in [3.8, 4) is 0 Å². The van der Waals surface area contributed by atoms with Crippen LogP contribution in [-0.2, 0) is 35.8 Å². The van der Waals surface area contributed by atoms with Crippen LogP contribution in [0.25, 0.3) is 0 Å². The molecule has 0 aromatic carbocycles. The van der Waals surface area contributed by atoms with Gasteiger partial charge in [0.1, 0.15) is 17.0 Å². The summed E-state index contributed by atoms with van der Waals surface area (Å²) in [5.74, 6) is 0.334. The third-order valence-corrected chi connectivity index (χ3v) is 5.79. The smallest absolute Gasteiger partial charge is 0.269 e. The highest BCUT2D eigenvalue weighted by molar-refractivity contribution is 5.92. The molecular weight excluding hydrogens is 386 g/mol. The number of ether oxygens (including phenoxy) is 1. The molecule has 2 aromatic heterocycles. The molecule has 2 aromatic rings. The van der Waals surface area contributed by atoms with Gasteiger partial charge >= 0.3 is 0 Å². The summed E-state index contributed by atoms with van der Waals surface area (Å²) in [5.41, 5.74) is 1.69. The van der Waals surface area contributed by atoms with E-state index in [4.69, 9.17) is 4.74 Å². The van der Waals surface area contributed by atoms with Gasteiger partial charge < -0.3 is 15.0 Å².